The van der Waals surface area contributed by atoms with Crippen molar-refractivity contribution in [1.82, 2.24) is 30.5 Å². The van der Waals surface area contributed by atoms with E-state index in [1.165, 1.54) is 0 Å². The molecule has 0 unspecified atom stereocenters. The molecule has 12 heteroatoms. The highest BCUT2D eigenvalue weighted by Crippen LogP contribution is 2.36. The summed E-state index contributed by atoms with van der Waals surface area (Å²) in [7, 11) is 1.77. The fourth-order valence-corrected chi connectivity index (χ4v) is 4.58. The van der Waals surface area contributed by atoms with Crippen LogP contribution < -0.4 is 20.2 Å². The number of para-hydroxylation sites is 2. The quantitative estimate of drug-likeness (QED) is 0.393. The molecule has 4 amide bonds. The van der Waals surface area contributed by atoms with Crippen LogP contribution >= 0.6 is 11.8 Å². The van der Waals surface area contributed by atoms with Crippen LogP contribution in [0.15, 0.2) is 59.8 Å². The van der Waals surface area contributed by atoms with Gasteiger partial charge in [0.15, 0.2) is 28.6 Å². The summed E-state index contributed by atoms with van der Waals surface area (Å²) in [6.45, 7) is 1.88. The Bertz CT molecular complexity index is 1300. The molecule has 0 radical (unpaired) electrons. The zero-order valence-corrected chi connectivity index (χ0v) is 19.7. The molecule has 35 heavy (non-hydrogen) atoms. The first-order valence-corrected chi connectivity index (χ1v) is 11.8. The van der Waals surface area contributed by atoms with Crippen LogP contribution in [0, 0.1) is 0 Å². The third-order valence-electron chi connectivity index (χ3n) is 5.78. The van der Waals surface area contributed by atoms with Gasteiger partial charge in [0.2, 0.25) is 5.91 Å². The minimum absolute atomic E-state index is 0.0874. The van der Waals surface area contributed by atoms with Crippen molar-refractivity contribution in [3.05, 3.63) is 66.0 Å². The predicted molar refractivity (Wildman–Crippen MR) is 124 cm³/mol. The van der Waals surface area contributed by atoms with Crippen LogP contribution in [0.4, 0.5) is 4.79 Å². The normalized spacial score (nSPS) is 21.1. The number of thioether (sulfide) groups is 1. The van der Waals surface area contributed by atoms with Crippen molar-refractivity contribution in [2.75, 3.05) is 12.4 Å². The number of imide groups is 1. The van der Waals surface area contributed by atoms with E-state index in [9.17, 15) is 14.4 Å². The summed E-state index contributed by atoms with van der Waals surface area (Å²) in [6.07, 6.45) is -0.452. The summed E-state index contributed by atoms with van der Waals surface area (Å²) >= 11 is 1.12. The molecule has 1 fully saturated rings. The largest absolute Gasteiger partial charge is 0.485 e. The zero-order valence-electron chi connectivity index (χ0n) is 18.9. The Hall–Kier alpha value is -4.06. The number of amides is 4. The molecule has 0 bridgehead atoms. The number of urea groups is 1. The highest BCUT2D eigenvalue weighted by atomic mass is 32.2. The summed E-state index contributed by atoms with van der Waals surface area (Å²) < 4.78 is 13.4. The van der Waals surface area contributed by atoms with Crippen molar-refractivity contribution in [2.45, 2.75) is 23.7 Å². The number of benzene rings is 2. The number of nitrogens with zero attached hydrogens (tertiary/aromatic N) is 4. The SMILES string of the molecule is Cn1c(SCC(=O)NN2C(=O)N[C@@](C)(c3ccccc3)C2=O)nnc1[C@@H]1COc2ccccc2O1. The van der Waals surface area contributed by atoms with E-state index >= 15 is 0 Å². The standard InChI is InChI=1S/C23H22N6O5S/c1-23(14-8-4-3-5-9-14)20(31)29(21(32)24-23)27-18(30)13-35-22-26-25-19(28(22)2)17-12-33-15-10-6-7-11-16(15)34-17/h3-11,17H,12-13H2,1-2H3,(H,24,32)(H,27,30)/t17-,23-/m0/s1. The minimum Gasteiger partial charge on any atom is -0.485 e. The van der Waals surface area contributed by atoms with E-state index in [4.69, 9.17) is 9.47 Å². The van der Waals surface area contributed by atoms with Gasteiger partial charge in [-0.2, -0.15) is 5.01 Å². The van der Waals surface area contributed by atoms with E-state index in [1.54, 1.807) is 42.8 Å². The maximum absolute atomic E-state index is 12.9. The Balaban J connectivity index is 1.20. The number of ether oxygens (including phenoxy) is 2. The summed E-state index contributed by atoms with van der Waals surface area (Å²) in [4.78, 5) is 37.9. The Kier molecular flexibility index (Phi) is 5.81. The highest BCUT2D eigenvalue weighted by Gasteiger charge is 2.50. The van der Waals surface area contributed by atoms with E-state index in [1.807, 2.05) is 30.3 Å². The third-order valence-corrected chi connectivity index (χ3v) is 6.80. The molecule has 0 aliphatic carbocycles. The fraction of sp³-hybridized carbons (Fsp3) is 0.261. The maximum atomic E-state index is 12.9. The molecule has 5 rings (SSSR count). The van der Waals surface area contributed by atoms with Crippen molar-refractivity contribution in [3.8, 4) is 11.5 Å². The molecule has 2 aromatic carbocycles. The average Bonchev–Trinajstić information content (AvgIpc) is 3.35. The van der Waals surface area contributed by atoms with E-state index in [0.29, 0.717) is 33.1 Å². The van der Waals surface area contributed by atoms with Crippen LogP contribution in [0.5, 0.6) is 11.5 Å². The Morgan fingerprint density at radius 1 is 1.14 bits per heavy atom. The number of hydrogen-bond acceptors (Lipinski definition) is 8. The van der Waals surface area contributed by atoms with Gasteiger partial charge in [0.05, 0.1) is 5.75 Å². The lowest BCUT2D eigenvalue weighted by atomic mass is 9.92. The maximum Gasteiger partial charge on any atom is 0.344 e. The number of rotatable bonds is 6. The molecule has 2 atom stereocenters. The second-order valence-corrected chi connectivity index (χ2v) is 9.09. The van der Waals surface area contributed by atoms with Crippen LogP contribution in [0.2, 0.25) is 0 Å². The van der Waals surface area contributed by atoms with Crippen molar-refractivity contribution in [2.24, 2.45) is 7.05 Å². The van der Waals surface area contributed by atoms with Gasteiger partial charge in [0.1, 0.15) is 12.1 Å². The molecule has 2 N–H and O–H groups in total. The first kappa shape index (κ1) is 22.7. The smallest absolute Gasteiger partial charge is 0.344 e. The lowest BCUT2D eigenvalue weighted by molar-refractivity contribution is -0.138. The van der Waals surface area contributed by atoms with Gasteiger partial charge in [-0.1, -0.05) is 54.2 Å². The van der Waals surface area contributed by atoms with Gasteiger partial charge in [-0.05, 0) is 24.6 Å². The Morgan fingerprint density at radius 2 is 1.86 bits per heavy atom. The van der Waals surface area contributed by atoms with Gasteiger partial charge in [-0.15, -0.1) is 10.2 Å². The van der Waals surface area contributed by atoms with E-state index in [-0.39, 0.29) is 12.4 Å². The van der Waals surface area contributed by atoms with Crippen LogP contribution in [0.3, 0.4) is 0 Å². The molecule has 2 aliphatic rings. The highest BCUT2D eigenvalue weighted by molar-refractivity contribution is 7.99. The second-order valence-electron chi connectivity index (χ2n) is 8.15. The van der Waals surface area contributed by atoms with Crippen LogP contribution in [0.1, 0.15) is 24.4 Å². The molecule has 1 aromatic heterocycles. The van der Waals surface area contributed by atoms with Crippen molar-refractivity contribution >= 4 is 29.6 Å². The monoisotopic (exact) mass is 494 g/mol. The van der Waals surface area contributed by atoms with Crippen LogP contribution in [-0.4, -0.2) is 50.0 Å². The molecule has 3 aromatic rings. The Labute approximate surface area is 204 Å². The lowest BCUT2D eigenvalue weighted by Gasteiger charge is -2.25. The molecule has 0 spiro atoms. The van der Waals surface area contributed by atoms with Crippen molar-refractivity contribution < 1.29 is 23.9 Å². The van der Waals surface area contributed by atoms with Crippen LogP contribution in [0.25, 0.3) is 0 Å². The number of hydrazine groups is 1. The lowest BCUT2D eigenvalue weighted by Crippen LogP contribution is -2.48. The van der Waals surface area contributed by atoms with Gasteiger partial charge in [-0.25, -0.2) is 4.79 Å². The zero-order chi connectivity index (χ0) is 24.6. The van der Waals surface area contributed by atoms with Gasteiger partial charge >= 0.3 is 6.03 Å². The number of carbonyl (C=O) groups excluding carboxylic acids is 3. The number of hydrogen-bond donors (Lipinski definition) is 2. The summed E-state index contributed by atoms with van der Waals surface area (Å²) in [5.41, 5.74) is 1.74. The van der Waals surface area contributed by atoms with E-state index < -0.39 is 29.5 Å². The molecule has 2 aliphatic heterocycles. The molecular formula is C23H22N6O5S. The summed E-state index contributed by atoms with van der Waals surface area (Å²) in [5.74, 6) is 0.650. The van der Waals surface area contributed by atoms with Gasteiger partial charge in [0.25, 0.3) is 5.91 Å². The van der Waals surface area contributed by atoms with E-state index in [0.717, 1.165) is 11.8 Å². The van der Waals surface area contributed by atoms with Crippen LogP contribution in [-0.2, 0) is 22.2 Å². The molecular weight excluding hydrogens is 472 g/mol. The average molecular weight is 495 g/mol. The number of carbonyl (C=O) groups is 3. The number of nitrogens with one attached hydrogen (secondary N) is 2. The third kappa shape index (κ3) is 4.16. The van der Waals surface area contributed by atoms with Crippen molar-refractivity contribution in [3.63, 3.8) is 0 Å². The van der Waals surface area contributed by atoms with E-state index in [2.05, 4.69) is 20.9 Å². The molecule has 3 heterocycles. The number of fused-ring (bicyclic) bond motifs is 1. The molecule has 11 nitrogen and oxygen atoms in total. The van der Waals surface area contributed by atoms with Gasteiger partial charge in [-0.3, -0.25) is 15.0 Å². The summed E-state index contributed by atoms with van der Waals surface area (Å²) in [5, 5.41) is 12.2. The predicted octanol–water partition coefficient (Wildman–Crippen LogP) is 1.92. The molecule has 0 saturated carbocycles. The second kappa shape index (κ2) is 8.95. The summed E-state index contributed by atoms with van der Waals surface area (Å²) in [6, 6.07) is 15.5. The first-order valence-electron chi connectivity index (χ1n) is 10.8. The minimum atomic E-state index is -1.27. The van der Waals surface area contributed by atoms with Gasteiger partial charge < -0.3 is 19.4 Å². The van der Waals surface area contributed by atoms with Crippen molar-refractivity contribution in [1.29, 1.82) is 0 Å². The molecule has 180 valence electrons. The number of aromatic nitrogens is 3. The van der Waals surface area contributed by atoms with Gasteiger partial charge in [0, 0.05) is 7.05 Å². The fourth-order valence-electron chi connectivity index (χ4n) is 3.87. The topological polar surface area (TPSA) is 128 Å². The Morgan fingerprint density at radius 3 is 2.63 bits per heavy atom. The first-order chi connectivity index (χ1) is 16.9. The molecule has 1 saturated heterocycles.